The lowest BCUT2D eigenvalue weighted by atomic mass is 10.1. The average molecular weight is 561 g/mol. The molecule has 2 aromatic carbocycles. The number of benzene rings is 2. The third-order valence-corrected chi connectivity index (χ3v) is 8.47. The lowest BCUT2D eigenvalue weighted by Gasteiger charge is -2.08. The van der Waals surface area contributed by atoms with Crippen LogP contribution in [0.15, 0.2) is 73.1 Å². The maximum absolute atomic E-state index is 4.80. The first-order valence-electron chi connectivity index (χ1n) is 15.9. The van der Waals surface area contributed by atoms with E-state index < -0.39 is 0 Å². The van der Waals surface area contributed by atoms with Crippen molar-refractivity contribution in [1.82, 2.24) is 29.7 Å². The summed E-state index contributed by atoms with van der Waals surface area (Å²) in [6, 6.07) is 22.1. The average Bonchev–Trinajstić information content (AvgIpc) is 3.52. The Kier molecular flexibility index (Phi) is 9.12. The summed E-state index contributed by atoms with van der Waals surface area (Å²) in [5, 5.41) is 12.5. The molecule has 0 saturated carbocycles. The largest absolute Gasteiger partial charge is 0.339 e. The molecule has 4 aromatic heterocycles. The molecule has 0 atom stereocenters. The number of fused-ring (bicyclic) bond motifs is 6. The van der Waals surface area contributed by atoms with E-state index in [4.69, 9.17) is 9.97 Å². The van der Waals surface area contributed by atoms with Crippen molar-refractivity contribution in [3.05, 3.63) is 84.4 Å². The fraction of sp³-hybridized carbons (Fsp3) is 0.389. The molecule has 0 aliphatic carbocycles. The number of para-hydroxylation sites is 2. The highest BCUT2D eigenvalue weighted by molar-refractivity contribution is 6.08. The van der Waals surface area contributed by atoms with Gasteiger partial charge in [0.25, 0.3) is 0 Å². The van der Waals surface area contributed by atoms with Crippen molar-refractivity contribution >= 4 is 43.6 Å². The summed E-state index contributed by atoms with van der Waals surface area (Å²) in [6.07, 6.45) is 11.1. The van der Waals surface area contributed by atoms with E-state index in [0.717, 1.165) is 63.5 Å². The highest BCUT2D eigenvalue weighted by Crippen LogP contribution is 2.30. The van der Waals surface area contributed by atoms with Gasteiger partial charge in [0.1, 0.15) is 0 Å². The van der Waals surface area contributed by atoms with Crippen LogP contribution in [-0.2, 0) is 26.2 Å². The Hall–Kier alpha value is -3.74. The van der Waals surface area contributed by atoms with Crippen LogP contribution < -0.4 is 10.6 Å². The van der Waals surface area contributed by atoms with E-state index in [0.29, 0.717) is 0 Å². The van der Waals surface area contributed by atoms with Gasteiger partial charge in [0.05, 0.1) is 34.8 Å². The molecule has 0 spiro atoms. The normalized spacial score (nSPS) is 12.0. The van der Waals surface area contributed by atoms with Gasteiger partial charge in [-0.1, -0.05) is 63.1 Å². The first-order chi connectivity index (χ1) is 20.8. The van der Waals surface area contributed by atoms with Gasteiger partial charge < -0.3 is 19.8 Å². The van der Waals surface area contributed by atoms with E-state index in [1.165, 1.54) is 69.3 Å². The lowest BCUT2D eigenvalue weighted by Crippen LogP contribution is -2.19. The SMILES string of the molecule is CCCCn1c2ccccc2c2cc(CNCCCCNCc3cc4c5ccccc5n(CCCC)c4cn3)ncc21. The summed E-state index contributed by atoms with van der Waals surface area (Å²) in [7, 11) is 0. The summed E-state index contributed by atoms with van der Waals surface area (Å²) in [5.74, 6) is 0. The van der Waals surface area contributed by atoms with Crippen molar-refractivity contribution in [2.45, 2.75) is 78.6 Å². The van der Waals surface area contributed by atoms with Gasteiger partial charge in [-0.25, -0.2) is 0 Å². The van der Waals surface area contributed by atoms with Crippen molar-refractivity contribution in [2.75, 3.05) is 13.1 Å². The third kappa shape index (κ3) is 5.92. The first kappa shape index (κ1) is 28.4. The molecule has 0 amide bonds. The Morgan fingerprint density at radius 3 is 1.45 bits per heavy atom. The van der Waals surface area contributed by atoms with E-state index in [-0.39, 0.29) is 0 Å². The summed E-state index contributed by atoms with van der Waals surface area (Å²) in [5.41, 5.74) is 7.34. The number of nitrogens with zero attached hydrogens (tertiary/aromatic N) is 4. The third-order valence-electron chi connectivity index (χ3n) is 8.47. The molecular formula is C36H44N6. The van der Waals surface area contributed by atoms with Gasteiger partial charge in [-0.15, -0.1) is 0 Å². The predicted molar refractivity (Wildman–Crippen MR) is 177 cm³/mol. The summed E-state index contributed by atoms with van der Waals surface area (Å²) in [6.45, 7) is 10.2. The van der Waals surface area contributed by atoms with Gasteiger partial charge in [0.15, 0.2) is 0 Å². The fourth-order valence-electron chi connectivity index (χ4n) is 6.22. The van der Waals surface area contributed by atoms with Crippen LogP contribution in [0.1, 0.15) is 63.8 Å². The molecular weight excluding hydrogens is 516 g/mol. The molecule has 0 fully saturated rings. The van der Waals surface area contributed by atoms with Gasteiger partial charge >= 0.3 is 0 Å². The monoisotopic (exact) mass is 560 g/mol. The number of pyridine rings is 2. The minimum absolute atomic E-state index is 0.799. The fourth-order valence-corrected chi connectivity index (χ4v) is 6.22. The van der Waals surface area contributed by atoms with Crippen molar-refractivity contribution in [2.24, 2.45) is 0 Å². The zero-order valence-electron chi connectivity index (χ0n) is 25.2. The van der Waals surface area contributed by atoms with Crippen molar-refractivity contribution in [3.8, 4) is 0 Å². The molecule has 0 unspecified atom stereocenters. The molecule has 2 N–H and O–H groups in total. The second-order valence-electron chi connectivity index (χ2n) is 11.5. The maximum atomic E-state index is 4.80. The highest BCUT2D eigenvalue weighted by atomic mass is 15.0. The minimum Gasteiger partial charge on any atom is -0.339 e. The van der Waals surface area contributed by atoms with Crippen LogP contribution in [0.5, 0.6) is 0 Å². The molecule has 0 aliphatic heterocycles. The van der Waals surface area contributed by atoms with Crippen molar-refractivity contribution in [3.63, 3.8) is 0 Å². The highest BCUT2D eigenvalue weighted by Gasteiger charge is 2.12. The van der Waals surface area contributed by atoms with E-state index in [2.05, 4.69) is 107 Å². The summed E-state index contributed by atoms with van der Waals surface area (Å²) >= 11 is 0. The molecule has 6 rings (SSSR count). The van der Waals surface area contributed by atoms with Crippen molar-refractivity contribution < 1.29 is 0 Å². The number of aryl methyl sites for hydroxylation is 2. The molecule has 6 aromatic rings. The maximum Gasteiger partial charge on any atom is 0.0678 e. The smallest absolute Gasteiger partial charge is 0.0678 e. The standard InChI is InChI=1S/C36H44N6/c1-3-5-19-41-33-15-9-7-13-29(33)31-21-27(39-25-35(31)41)23-37-17-11-12-18-38-24-28-22-32-30-14-8-10-16-34(30)42(20-6-4-2)36(32)26-40-28/h7-10,13-16,21-22,25-26,37-38H,3-6,11-12,17-20,23-24H2,1-2H3. The van der Waals surface area contributed by atoms with E-state index in [1.807, 2.05) is 0 Å². The number of hydrogen-bond acceptors (Lipinski definition) is 4. The van der Waals surface area contributed by atoms with Gasteiger partial charge in [0.2, 0.25) is 0 Å². The van der Waals surface area contributed by atoms with Crippen LogP contribution in [-0.4, -0.2) is 32.2 Å². The molecule has 42 heavy (non-hydrogen) atoms. The van der Waals surface area contributed by atoms with E-state index in [9.17, 15) is 0 Å². The zero-order valence-corrected chi connectivity index (χ0v) is 25.2. The second kappa shape index (κ2) is 13.5. The number of aromatic nitrogens is 4. The lowest BCUT2D eigenvalue weighted by molar-refractivity contribution is 0.576. The van der Waals surface area contributed by atoms with Crippen LogP contribution in [0, 0.1) is 0 Å². The molecule has 0 bridgehead atoms. The number of hydrogen-bond donors (Lipinski definition) is 2. The van der Waals surface area contributed by atoms with Crippen LogP contribution >= 0.6 is 0 Å². The molecule has 6 heteroatoms. The molecule has 6 nitrogen and oxygen atoms in total. The Balaban J connectivity index is 0.982. The summed E-state index contributed by atoms with van der Waals surface area (Å²) in [4.78, 5) is 9.61. The van der Waals surface area contributed by atoms with Gasteiger partial charge in [0, 0.05) is 58.8 Å². The van der Waals surface area contributed by atoms with Crippen LogP contribution in [0.3, 0.4) is 0 Å². The van der Waals surface area contributed by atoms with Crippen LogP contribution in [0.2, 0.25) is 0 Å². The number of nitrogens with one attached hydrogen (secondary N) is 2. The van der Waals surface area contributed by atoms with Crippen LogP contribution in [0.4, 0.5) is 0 Å². The van der Waals surface area contributed by atoms with E-state index >= 15 is 0 Å². The molecule has 218 valence electrons. The topological polar surface area (TPSA) is 59.7 Å². The Bertz CT molecular complexity index is 1650. The van der Waals surface area contributed by atoms with Gasteiger partial charge in [-0.3, -0.25) is 9.97 Å². The second-order valence-corrected chi connectivity index (χ2v) is 11.5. The van der Waals surface area contributed by atoms with Crippen LogP contribution in [0.25, 0.3) is 43.6 Å². The Labute approximate surface area is 249 Å². The number of rotatable bonds is 15. The molecule has 0 radical (unpaired) electrons. The zero-order chi connectivity index (χ0) is 28.7. The van der Waals surface area contributed by atoms with Crippen molar-refractivity contribution in [1.29, 1.82) is 0 Å². The minimum atomic E-state index is 0.799. The van der Waals surface area contributed by atoms with Gasteiger partial charge in [-0.2, -0.15) is 0 Å². The first-order valence-corrected chi connectivity index (χ1v) is 15.9. The Morgan fingerprint density at radius 2 is 1.00 bits per heavy atom. The molecule has 4 heterocycles. The van der Waals surface area contributed by atoms with Gasteiger partial charge in [-0.05, 0) is 63.0 Å². The molecule has 0 saturated heterocycles. The van der Waals surface area contributed by atoms with E-state index in [1.54, 1.807) is 0 Å². The number of unbranched alkanes of at least 4 members (excludes halogenated alkanes) is 3. The quantitative estimate of drug-likeness (QED) is 0.125. The predicted octanol–water partition coefficient (Wildman–Crippen LogP) is 7.95. The molecule has 0 aliphatic rings. The Morgan fingerprint density at radius 1 is 0.548 bits per heavy atom. The summed E-state index contributed by atoms with van der Waals surface area (Å²) < 4.78 is 4.87.